The number of carbonyl (C=O) groups is 2. The zero-order valence-corrected chi connectivity index (χ0v) is 20.7. The summed E-state index contributed by atoms with van der Waals surface area (Å²) in [7, 11) is 0. The van der Waals surface area contributed by atoms with Gasteiger partial charge in [0.05, 0.1) is 0 Å². The van der Waals surface area contributed by atoms with Crippen molar-refractivity contribution < 1.29 is 19.8 Å². The van der Waals surface area contributed by atoms with Crippen LogP contribution in [0.1, 0.15) is 105 Å². The molecule has 0 spiro atoms. The van der Waals surface area contributed by atoms with Crippen LogP contribution < -0.4 is 10.2 Å². The van der Waals surface area contributed by atoms with Gasteiger partial charge in [-0.15, -0.1) is 0 Å². The first-order valence-corrected chi connectivity index (χ1v) is 9.65. The van der Waals surface area contributed by atoms with Crippen molar-refractivity contribution in [2.75, 3.05) is 0 Å². The predicted molar refractivity (Wildman–Crippen MR) is 101 cm³/mol. The van der Waals surface area contributed by atoms with Gasteiger partial charge in [0.25, 0.3) is 0 Å². The van der Waals surface area contributed by atoms with E-state index in [1.807, 2.05) is 0 Å². The fraction of sp³-hybridized carbons (Fsp3) is 0.900. The summed E-state index contributed by atoms with van der Waals surface area (Å²) >= 11 is 0. The minimum Gasteiger partial charge on any atom is -0.550 e. The number of hydrogen-bond acceptors (Lipinski definition) is 4. The van der Waals surface area contributed by atoms with Crippen molar-refractivity contribution in [1.82, 2.24) is 0 Å². The quantitative estimate of drug-likeness (QED) is 0.246. The first-order chi connectivity index (χ1) is 11.3. The Kier molecular flexibility index (Phi) is 26.0. The number of unbranched alkanes of at least 4 members (excludes halogenated alkanes) is 6. The average molecular weight is 550 g/mol. The van der Waals surface area contributed by atoms with Crippen LogP contribution in [0, 0.1) is 11.8 Å². The topological polar surface area (TPSA) is 80.3 Å². The van der Waals surface area contributed by atoms with Crippen molar-refractivity contribution in [2.24, 2.45) is 11.8 Å². The Balaban J connectivity index is -0.000000372. The van der Waals surface area contributed by atoms with Gasteiger partial charge in [-0.2, -0.15) is 0 Å². The molecule has 0 unspecified atom stereocenters. The molecule has 2 radical (unpaired) electrons. The SMILES string of the molecule is CC(C)CCCCCCC(=O)[O-].CC(C)CCCCCCC(=O)[O-].[Pb+2]. The molecular formula is C20H38O4Pb. The molecule has 0 aliphatic rings. The van der Waals surface area contributed by atoms with Crippen molar-refractivity contribution in [1.29, 1.82) is 0 Å². The van der Waals surface area contributed by atoms with Crippen molar-refractivity contribution in [3.8, 4) is 0 Å². The Bertz CT molecular complexity index is 274. The van der Waals surface area contributed by atoms with Gasteiger partial charge in [-0.1, -0.05) is 79.1 Å². The van der Waals surface area contributed by atoms with Crippen LogP contribution in [0.2, 0.25) is 0 Å². The van der Waals surface area contributed by atoms with Gasteiger partial charge >= 0.3 is 27.3 Å². The molecule has 0 saturated heterocycles. The number of carbonyl (C=O) groups excluding carboxylic acids is 2. The molecule has 0 heterocycles. The molecule has 0 aliphatic heterocycles. The summed E-state index contributed by atoms with van der Waals surface area (Å²) in [5.41, 5.74) is 0. The van der Waals surface area contributed by atoms with Gasteiger partial charge in [-0.25, -0.2) is 0 Å². The molecule has 0 rings (SSSR count). The van der Waals surface area contributed by atoms with Gasteiger partial charge in [-0.05, 0) is 37.5 Å². The molecule has 0 bridgehead atoms. The minimum absolute atomic E-state index is 0. The van der Waals surface area contributed by atoms with Gasteiger partial charge in [0.2, 0.25) is 0 Å². The zero-order valence-electron chi connectivity index (χ0n) is 16.8. The summed E-state index contributed by atoms with van der Waals surface area (Å²) in [6.45, 7) is 8.84. The minimum atomic E-state index is -0.918. The molecule has 146 valence electrons. The van der Waals surface area contributed by atoms with Crippen molar-refractivity contribution >= 4 is 39.2 Å². The van der Waals surface area contributed by atoms with Crippen molar-refractivity contribution in [2.45, 2.75) is 105 Å². The summed E-state index contributed by atoms with van der Waals surface area (Å²) in [5, 5.41) is 20.1. The Morgan fingerprint density at radius 3 is 1.12 bits per heavy atom. The van der Waals surface area contributed by atoms with E-state index >= 15 is 0 Å². The van der Waals surface area contributed by atoms with E-state index in [4.69, 9.17) is 0 Å². The molecule has 0 aromatic rings. The van der Waals surface area contributed by atoms with E-state index in [2.05, 4.69) is 27.7 Å². The van der Waals surface area contributed by atoms with Crippen LogP contribution in [0.25, 0.3) is 0 Å². The van der Waals surface area contributed by atoms with Gasteiger partial charge in [0.1, 0.15) is 0 Å². The maximum absolute atomic E-state index is 10.0. The van der Waals surface area contributed by atoms with Crippen molar-refractivity contribution in [3.63, 3.8) is 0 Å². The molecular weight excluding hydrogens is 511 g/mol. The third-order valence-electron chi connectivity index (χ3n) is 3.82. The maximum Gasteiger partial charge on any atom is 2.00 e. The molecule has 0 aromatic carbocycles. The Hall–Kier alpha value is -0.138. The van der Waals surface area contributed by atoms with E-state index < -0.39 is 11.9 Å². The van der Waals surface area contributed by atoms with E-state index in [1.54, 1.807) is 0 Å². The monoisotopic (exact) mass is 550 g/mol. The normalized spacial score (nSPS) is 10.2. The van der Waals surface area contributed by atoms with Crippen LogP contribution in [0.4, 0.5) is 0 Å². The molecule has 0 N–H and O–H groups in total. The van der Waals surface area contributed by atoms with Crippen LogP contribution in [0.3, 0.4) is 0 Å². The summed E-state index contributed by atoms with van der Waals surface area (Å²) in [5.74, 6) is -0.296. The molecule has 0 aromatic heterocycles. The van der Waals surface area contributed by atoms with Gasteiger partial charge in [-0.3, -0.25) is 0 Å². The fourth-order valence-corrected chi connectivity index (χ4v) is 2.35. The van der Waals surface area contributed by atoms with Crippen LogP contribution >= 0.6 is 0 Å². The summed E-state index contributed by atoms with van der Waals surface area (Å²) in [6.07, 6.45) is 11.3. The molecule has 0 saturated carbocycles. The molecule has 0 amide bonds. The first kappa shape index (κ1) is 29.6. The third kappa shape index (κ3) is 35.7. The second-order valence-electron chi connectivity index (χ2n) is 7.44. The maximum atomic E-state index is 10.0. The molecule has 0 fully saturated rings. The standard InChI is InChI=1S/2C10H20O2.Pb/c2*1-9(2)7-5-3-4-6-8-10(11)12;/h2*9H,3-8H2,1-2H3,(H,11,12);/q;;+2/p-2. The van der Waals surface area contributed by atoms with E-state index in [0.29, 0.717) is 0 Å². The van der Waals surface area contributed by atoms with Crippen molar-refractivity contribution in [3.05, 3.63) is 0 Å². The number of rotatable bonds is 14. The molecule has 25 heavy (non-hydrogen) atoms. The van der Waals surface area contributed by atoms with Gasteiger partial charge in [0, 0.05) is 11.9 Å². The zero-order chi connectivity index (χ0) is 18.8. The Morgan fingerprint density at radius 1 is 0.600 bits per heavy atom. The molecule has 0 aliphatic carbocycles. The fourth-order valence-electron chi connectivity index (χ4n) is 2.35. The van der Waals surface area contributed by atoms with E-state index in [9.17, 15) is 19.8 Å². The first-order valence-electron chi connectivity index (χ1n) is 9.65. The molecule has 4 nitrogen and oxygen atoms in total. The van der Waals surface area contributed by atoms with E-state index in [1.165, 1.54) is 25.7 Å². The second kappa shape index (κ2) is 21.9. The number of hydrogen-bond donors (Lipinski definition) is 0. The predicted octanol–water partition coefficient (Wildman–Crippen LogP) is 3.09. The average Bonchev–Trinajstić information content (AvgIpc) is 2.46. The van der Waals surface area contributed by atoms with E-state index in [0.717, 1.165) is 50.4 Å². The summed E-state index contributed by atoms with van der Waals surface area (Å²) < 4.78 is 0. The smallest absolute Gasteiger partial charge is 0.550 e. The van der Waals surface area contributed by atoms with Gasteiger partial charge in [0.15, 0.2) is 0 Å². The second-order valence-corrected chi connectivity index (χ2v) is 7.44. The Labute approximate surface area is 175 Å². The number of carboxylic acids is 2. The van der Waals surface area contributed by atoms with Crippen LogP contribution in [0.15, 0.2) is 0 Å². The Morgan fingerprint density at radius 2 is 0.880 bits per heavy atom. The summed E-state index contributed by atoms with van der Waals surface area (Å²) in [6, 6.07) is 0. The van der Waals surface area contributed by atoms with Crippen LogP contribution in [-0.4, -0.2) is 39.2 Å². The van der Waals surface area contributed by atoms with Gasteiger partial charge < -0.3 is 19.8 Å². The van der Waals surface area contributed by atoms with Crippen LogP contribution in [0.5, 0.6) is 0 Å². The van der Waals surface area contributed by atoms with Crippen LogP contribution in [-0.2, 0) is 9.59 Å². The number of carboxylic acid groups (broad SMARTS) is 2. The molecule has 0 atom stereocenters. The molecule has 5 heteroatoms. The largest absolute Gasteiger partial charge is 2.00 e. The number of aliphatic carboxylic acids is 2. The van der Waals surface area contributed by atoms with E-state index in [-0.39, 0.29) is 40.1 Å². The summed E-state index contributed by atoms with van der Waals surface area (Å²) in [4.78, 5) is 20.1. The third-order valence-corrected chi connectivity index (χ3v) is 3.82.